The van der Waals surface area contributed by atoms with Crippen molar-refractivity contribution in [1.29, 1.82) is 0 Å². The van der Waals surface area contributed by atoms with Crippen molar-refractivity contribution in [2.24, 2.45) is 5.73 Å². The molecule has 0 spiro atoms. The number of benzene rings is 1. The van der Waals surface area contributed by atoms with Crippen LogP contribution in [-0.2, 0) is 6.54 Å². The summed E-state index contributed by atoms with van der Waals surface area (Å²) in [6, 6.07) is 8.91. The number of likely N-dealkylation sites (tertiary alicyclic amines) is 1. The van der Waals surface area contributed by atoms with Crippen molar-refractivity contribution in [1.82, 2.24) is 9.80 Å². The Morgan fingerprint density at radius 2 is 1.95 bits per heavy atom. The van der Waals surface area contributed by atoms with Gasteiger partial charge in [-0.05, 0) is 56.7 Å². The summed E-state index contributed by atoms with van der Waals surface area (Å²) >= 11 is 0. The van der Waals surface area contributed by atoms with Crippen LogP contribution in [0.1, 0.15) is 32.3 Å². The van der Waals surface area contributed by atoms with Gasteiger partial charge in [0.15, 0.2) is 0 Å². The number of rotatable bonds is 8. The first kappa shape index (κ1) is 17.3. The Balaban J connectivity index is 1.79. The van der Waals surface area contributed by atoms with Gasteiger partial charge in [-0.15, -0.1) is 0 Å². The van der Waals surface area contributed by atoms with Gasteiger partial charge in [0.25, 0.3) is 0 Å². The van der Waals surface area contributed by atoms with Gasteiger partial charge in [-0.2, -0.15) is 0 Å². The van der Waals surface area contributed by atoms with Gasteiger partial charge in [0.1, 0.15) is 12.4 Å². The number of piperidine rings is 1. The molecule has 1 heterocycles. The van der Waals surface area contributed by atoms with Gasteiger partial charge in [0.2, 0.25) is 0 Å². The van der Waals surface area contributed by atoms with Crippen LogP contribution in [0.15, 0.2) is 24.3 Å². The number of nitrogens with zero attached hydrogens (tertiary/aromatic N) is 2. The van der Waals surface area contributed by atoms with E-state index in [1.807, 2.05) is 0 Å². The quantitative estimate of drug-likeness (QED) is 0.800. The molecule has 1 aromatic carbocycles. The van der Waals surface area contributed by atoms with Crippen molar-refractivity contribution in [2.45, 2.75) is 39.3 Å². The molecule has 0 unspecified atom stereocenters. The highest BCUT2D eigenvalue weighted by atomic mass is 16.5. The summed E-state index contributed by atoms with van der Waals surface area (Å²) in [5.41, 5.74) is 7.30. The molecule has 0 amide bonds. The highest BCUT2D eigenvalue weighted by molar-refractivity contribution is 5.28. The highest BCUT2D eigenvalue weighted by Crippen LogP contribution is 2.17. The van der Waals surface area contributed by atoms with E-state index in [1.165, 1.54) is 5.56 Å². The molecule has 22 heavy (non-hydrogen) atoms. The summed E-state index contributed by atoms with van der Waals surface area (Å²) < 4.78 is 5.91. The zero-order chi connectivity index (χ0) is 15.8. The van der Waals surface area contributed by atoms with Crippen LogP contribution in [0.4, 0.5) is 0 Å². The second kappa shape index (κ2) is 9.13. The molecule has 0 saturated carbocycles. The lowest BCUT2D eigenvalue weighted by molar-refractivity contribution is 0.204. The second-order valence-electron chi connectivity index (χ2n) is 6.14. The van der Waals surface area contributed by atoms with E-state index in [9.17, 15) is 0 Å². The normalized spacial score (nSPS) is 17.1. The van der Waals surface area contributed by atoms with Crippen LogP contribution >= 0.6 is 0 Å². The molecule has 0 radical (unpaired) electrons. The van der Waals surface area contributed by atoms with Crippen molar-refractivity contribution in [3.63, 3.8) is 0 Å². The summed E-state index contributed by atoms with van der Waals surface area (Å²) in [4.78, 5) is 4.86. The minimum Gasteiger partial charge on any atom is -0.492 e. The van der Waals surface area contributed by atoms with E-state index in [2.05, 4.69) is 47.9 Å². The van der Waals surface area contributed by atoms with Crippen LogP contribution in [0.5, 0.6) is 5.75 Å². The average molecular weight is 305 g/mol. The summed E-state index contributed by atoms with van der Waals surface area (Å²) in [5, 5.41) is 0. The Kier molecular flexibility index (Phi) is 7.16. The summed E-state index contributed by atoms with van der Waals surface area (Å²) in [6.07, 6.45) is 2.22. The first-order valence-electron chi connectivity index (χ1n) is 8.63. The molecule has 1 aliphatic rings. The molecular formula is C18H31N3O. The summed E-state index contributed by atoms with van der Waals surface area (Å²) in [6.45, 7) is 11.5. The largest absolute Gasteiger partial charge is 0.492 e. The van der Waals surface area contributed by atoms with Crippen LogP contribution in [0, 0.1) is 0 Å². The Hall–Kier alpha value is -1.10. The lowest BCUT2D eigenvalue weighted by Gasteiger charge is -2.30. The van der Waals surface area contributed by atoms with E-state index in [1.54, 1.807) is 0 Å². The van der Waals surface area contributed by atoms with Crippen LogP contribution in [0.2, 0.25) is 0 Å². The molecule has 4 nitrogen and oxygen atoms in total. The monoisotopic (exact) mass is 305 g/mol. The fraction of sp³-hybridized carbons (Fsp3) is 0.667. The Labute approximate surface area is 135 Å². The van der Waals surface area contributed by atoms with Gasteiger partial charge in [0.05, 0.1) is 0 Å². The Morgan fingerprint density at radius 1 is 1.23 bits per heavy atom. The molecule has 2 N–H and O–H groups in total. The fourth-order valence-corrected chi connectivity index (χ4v) is 2.94. The molecule has 0 aliphatic carbocycles. The van der Waals surface area contributed by atoms with Crippen LogP contribution < -0.4 is 10.5 Å². The minimum absolute atomic E-state index is 0.394. The molecule has 0 atom stereocenters. The zero-order valence-corrected chi connectivity index (χ0v) is 14.1. The molecule has 124 valence electrons. The molecule has 2 rings (SSSR count). The first-order valence-corrected chi connectivity index (χ1v) is 8.63. The van der Waals surface area contributed by atoms with E-state index < -0.39 is 0 Å². The third-order valence-corrected chi connectivity index (χ3v) is 4.51. The topological polar surface area (TPSA) is 41.7 Å². The van der Waals surface area contributed by atoms with Gasteiger partial charge in [-0.3, -0.25) is 4.90 Å². The van der Waals surface area contributed by atoms with Crippen LogP contribution in [-0.4, -0.2) is 55.2 Å². The first-order chi connectivity index (χ1) is 10.7. The third kappa shape index (κ3) is 5.59. The number of nitrogens with two attached hydrogens (primary N) is 1. The summed E-state index contributed by atoms with van der Waals surface area (Å²) in [7, 11) is 0. The Morgan fingerprint density at radius 3 is 2.64 bits per heavy atom. The minimum atomic E-state index is 0.394. The van der Waals surface area contributed by atoms with Crippen molar-refractivity contribution < 1.29 is 4.74 Å². The average Bonchev–Trinajstić information content (AvgIpc) is 2.54. The predicted molar refractivity (Wildman–Crippen MR) is 92.2 cm³/mol. The number of hydrogen-bond donors (Lipinski definition) is 1. The maximum Gasteiger partial charge on any atom is 0.119 e. The number of ether oxygens (including phenoxy) is 1. The smallest absolute Gasteiger partial charge is 0.119 e. The zero-order valence-electron chi connectivity index (χ0n) is 14.1. The standard InChI is InChI=1S/C18H31N3O/c1-3-20(4-2)12-13-22-18-7-5-6-16(14-18)15-21-10-8-17(19)9-11-21/h5-7,14,17H,3-4,8-13,15,19H2,1-2H3. The van der Waals surface area contributed by atoms with Gasteiger partial charge >= 0.3 is 0 Å². The van der Waals surface area contributed by atoms with E-state index in [0.717, 1.165) is 64.5 Å². The molecule has 1 saturated heterocycles. The molecular weight excluding hydrogens is 274 g/mol. The van der Waals surface area contributed by atoms with E-state index in [4.69, 9.17) is 10.5 Å². The summed E-state index contributed by atoms with van der Waals surface area (Å²) in [5.74, 6) is 0.985. The van der Waals surface area contributed by atoms with Crippen molar-refractivity contribution in [3.05, 3.63) is 29.8 Å². The fourth-order valence-electron chi connectivity index (χ4n) is 2.94. The van der Waals surface area contributed by atoms with E-state index >= 15 is 0 Å². The van der Waals surface area contributed by atoms with E-state index in [-0.39, 0.29) is 0 Å². The molecule has 0 bridgehead atoms. The molecule has 0 aromatic heterocycles. The second-order valence-corrected chi connectivity index (χ2v) is 6.14. The lowest BCUT2D eigenvalue weighted by Crippen LogP contribution is -2.39. The SMILES string of the molecule is CCN(CC)CCOc1cccc(CN2CCC(N)CC2)c1. The Bertz CT molecular complexity index is 426. The van der Waals surface area contributed by atoms with E-state index in [0.29, 0.717) is 6.04 Å². The molecule has 4 heteroatoms. The predicted octanol–water partition coefficient (Wildman–Crippen LogP) is 2.33. The lowest BCUT2D eigenvalue weighted by atomic mass is 10.1. The maximum atomic E-state index is 5.97. The molecule has 1 aromatic rings. The highest BCUT2D eigenvalue weighted by Gasteiger charge is 2.16. The van der Waals surface area contributed by atoms with Gasteiger partial charge in [-0.25, -0.2) is 0 Å². The molecule has 1 aliphatic heterocycles. The maximum absolute atomic E-state index is 5.97. The van der Waals surface area contributed by atoms with Crippen LogP contribution in [0.3, 0.4) is 0 Å². The van der Waals surface area contributed by atoms with Crippen LogP contribution in [0.25, 0.3) is 0 Å². The number of hydrogen-bond acceptors (Lipinski definition) is 4. The van der Waals surface area contributed by atoms with Crippen molar-refractivity contribution >= 4 is 0 Å². The number of likely N-dealkylation sites (N-methyl/N-ethyl adjacent to an activating group) is 1. The third-order valence-electron chi connectivity index (χ3n) is 4.51. The van der Waals surface area contributed by atoms with Gasteiger partial charge < -0.3 is 15.4 Å². The molecule has 1 fully saturated rings. The van der Waals surface area contributed by atoms with Crippen molar-refractivity contribution in [2.75, 3.05) is 39.3 Å². The van der Waals surface area contributed by atoms with Gasteiger partial charge in [-0.1, -0.05) is 26.0 Å². The van der Waals surface area contributed by atoms with Crippen molar-refractivity contribution in [3.8, 4) is 5.75 Å². The van der Waals surface area contributed by atoms with Gasteiger partial charge in [0, 0.05) is 19.1 Å².